The number of anilines is 1. The Balaban J connectivity index is 1.81. The molecule has 1 aliphatic rings. The highest BCUT2D eigenvalue weighted by Crippen LogP contribution is 2.31. The number of halogens is 1. The van der Waals surface area contributed by atoms with Crippen LogP contribution in [-0.4, -0.2) is 5.91 Å². The van der Waals surface area contributed by atoms with E-state index in [1.54, 1.807) is 11.3 Å². The van der Waals surface area contributed by atoms with Crippen LogP contribution in [0.2, 0.25) is 0 Å². The Morgan fingerprint density at radius 1 is 1.28 bits per heavy atom. The van der Waals surface area contributed by atoms with Crippen LogP contribution in [0.15, 0.2) is 34.8 Å². The van der Waals surface area contributed by atoms with Gasteiger partial charge in [-0.15, -0.1) is 11.3 Å². The largest absolute Gasteiger partial charge is 0.320 e. The maximum atomic E-state index is 12.2. The maximum absolute atomic E-state index is 12.2. The molecule has 0 bridgehead atoms. The third-order valence-corrected chi connectivity index (χ3v) is 5.02. The van der Waals surface area contributed by atoms with E-state index in [2.05, 4.69) is 21.2 Å². The van der Waals surface area contributed by atoms with Crippen LogP contribution in [0.25, 0.3) is 0 Å². The smallest absolute Gasteiger partial charge is 0.265 e. The summed E-state index contributed by atoms with van der Waals surface area (Å²) >= 11 is 5.06. The molecule has 2 aromatic rings. The number of hydrogen-bond acceptors (Lipinski definition) is 2. The number of benzene rings is 1. The van der Waals surface area contributed by atoms with Crippen molar-refractivity contribution in [1.82, 2.24) is 0 Å². The Hall–Kier alpha value is -1.13. The molecule has 1 aromatic carbocycles. The SMILES string of the molecule is O=C(Nc1ccccc1Br)c1cc2c(s1)CCC2. The van der Waals surface area contributed by atoms with Crippen molar-refractivity contribution < 1.29 is 4.79 Å². The van der Waals surface area contributed by atoms with E-state index in [0.717, 1.165) is 27.9 Å². The topological polar surface area (TPSA) is 29.1 Å². The van der Waals surface area contributed by atoms with E-state index in [1.165, 1.54) is 16.9 Å². The summed E-state index contributed by atoms with van der Waals surface area (Å²) in [6.45, 7) is 0. The van der Waals surface area contributed by atoms with Crippen LogP contribution in [0.1, 0.15) is 26.5 Å². The molecule has 92 valence electrons. The van der Waals surface area contributed by atoms with Gasteiger partial charge in [-0.05, 0) is 59.0 Å². The van der Waals surface area contributed by atoms with Gasteiger partial charge in [0.2, 0.25) is 0 Å². The maximum Gasteiger partial charge on any atom is 0.265 e. The predicted octanol–water partition coefficient (Wildman–Crippen LogP) is 4.25. The third kappa shape index (κ3) is 2.22. The van der Waals surface area contributed by atoms with Crippen molar-refractivity contribution >= 4 is 38.9 Å². The summed E-state index contributed by atoms with van der Waals surface area (Å²) in [5.41, 5.74) is 2.17. The van der Waals surface area contributed by atoms with Gasteiger partial charge in [-0.1, -0.05) is 12.1 Å². The zero-order valence-electron chi connectivity index (χ0n) is 9.70. The van der Waals surface area contributed by atoms with Crippen LogP contribution in [0.4, 0.5) is 5.69 Å². The van der Waals surface area contributed by atoms with E-state index in [-0.39, 0.29) is 5.91 Å². The summed E-state index contributed by atoms with van der Waals surface area (Å²) < 4.78 is 0.905. The van der Waals surface area contributed by atoms with Gasteiger partial charge in [0, 0.05) is 9.35 Å². The normalized spacial score (nSPS) is 13.4. The van der Waals surface area contributed by atoms with Gasteiger partial charge in [0.25, 0.3) is 5.91 Å². The molecule has 0 atom stereocenters. The Labute approximate surface area is 118 Å². The summed E-state index contributed by atoms with van der Waals surface area (Å²) in [6, 6.07) is 9.70. The minimum absolute atomic E-state index is 0.0127. The number of rotatable bonds is 2. The molecule has 2 nitrogen and oxygen atoms in total. The minimum Gasteiger partial charge on any atom is -0.320 e. The number of aryl methyl sites for hydroxylation is 2. The summed E-state index contributed by atoms with van der Waals surface area (Å²) in [4.78, 5) is 14.3. The van der Waals surface area contributed by atoms with E-state index < -0.39 is 0 Å². The minimum atomic E-state index is -0.0127. The average Bonchev–Trinajstić information content (AvgIpc) is 2.92. The molecule has 0 saturated heterocycles. The fourth-order valence-corrected chi connectivity index (χ4v) is 3.72. The Bertz CT molecular complexity index is 584. The molecule has 4 heteroatoms. The second kappa shape index (κ2) is 4.86. The van der Waals surface area contributed by atoms with Crippen LogP contribution in [0.5, 0.6) is 0 Å². The number of para-hydroxylation sites is 1. The first kappa shape index (κ1) is 11.9. The summed E-state index contributed by atoms with van der Waals surface area (Å²) in [5, 5.41) is 2.94. The van der Waals surface area contributed by atoms with Crippen molar-refractivity contribution in [2.45, 2.75) is 19.3 Å². The molecule has 1 amide bonds. The third-order valence-electron chi connectivity index (χ3n) is 3.09. The van der Waals surface area contributed by atoms with Gasteiger partial charge in [0.1, 0.15) is 0 Å². The molecule has 0 unspecified atom stereocenters. The highest BCUT2D eigenvalue weighted by molar-refractivity contribution is 9.10. The lowest BCUT2D eigenvalue weighted by atomic mass is 10.2. The van der Waals surface area contributed by atoms with Crippen LogP contribution < -0.4 is 5.32 Å². The first-order valence-electron chi connectivity index (χ1n) is 5.91. The molecular weight excluding hydrogens is 310 g/mol. The monoisotopic (exact) mass is 321 g/mol. The standard InChI is InChI=1S/C14H12BrNOS/c15-10-5-1-2-6-11(10)16-14(17)13-8-9-4-3-7-12(9)18-13/h1-2,5-6,8H,3-4,7H2,(H,16,17). The lowest BCUT2D eigenvalue weighted by molar-refractivity contribution is 0.103. The molecule has 1 aliphatic carbocycles. The molecule has 1 N–H and O–H groups in total. The first-order chi connectivity index (χ1) is 8.74. The summed E-state index contributed by atoms with van der Waals surface area (Å²) in [7, 11) is 0. The van der Waals surface area contributed by atoms with Crippen molar-refractivity contribution in [1.29, 1.82) is 0 Å². The first-order valence-corrected chi connectivity index (χ1v) is 7.52. The summed E-state index contributed by atoms with van der Waals surface area (Å²) in [6.07, 6.45) is 3.48. The predicted molar refractivity (Wildman–Crippen MR) is 78.4 cm³/mol. The van der Waals surface area contributed by atoms with Gasteiger partial charge in [0.05, 0.1) is 10.6 Å². The Morgan fingerprint density at radius 2 is 2.11 bits per heavy atom. The number of nitrogens with one attached hydrogen (secondary N) is 1. The van der Waals surface area contributed by atoms with Crippen molar-refractivity contribution in [3.8, 4) is 0 Å². The number of amides is 1. The molecular formula is C14H12BrNOS. The van der Waals surface area contributed by atoms with Gasteiger partial charge in [-0.2, -0.15) is 0 Å². The fraction of sp³-hybridized carbons (Fsp3) is 0.214. The Kier molecular flexibility index (Phi) is 3.22. The van der Waals surface area contributed by atoms with Crippen molar-refractivity contribution in [3.05, 3.63) is 50.1 Å². The number of carbonyl (C=O) groups is 1. The molecule has 0 spiro atoms. The van der Waals surface area contributed by atoms with Crippen LogP contribution >= 0.6 is 27.3 Å². The molecule has 18 heavy (non-hydrogen) atoms. The van der Waals surface area contributed by atoms with Gasteiger partial charge in [-0.3, -0.25) is 4.79 Å². The number of thiophene rings is 1. The second-order valence-electron chi connectivity index (χ2n) is 4.35. The van der Waals surface area contributed by atoms with E-state index in [4.69, 9.17) is 0 Å². The molecule has 0 aliphatic heterocycles. The Morgan fingerprint density at radius 3 is 2.89 bits per heavy atom. The molecule has 1 aromatic heterocycles. The molecule has 0 saturated carbocycles. The zero-order chi connectivity index (χ0) is 12.5. The lowest BCUT2D eigenvalue weighted by Gasteiger charge is -2.05. The van der Waals surface area contributed by atoms with Crippen LogP contribution in [-0.2, 0) is 12.8 Å². The van der Waals surface area contributed by atoms with Crippen molar-refractivity contribution in [3.63, 3.8) is 0 Å². The number of fused-ring (bicyclic) bond motifs is 1. The number of carbonyl (C=O) groups excluding carboxylic acids is 1. The van der Waals surface area contributed by atoms with E-state index in [9.17, 15) is 4.79 Å². The van der Waals surface area contributed by atoms with Crippen molar-refractivity contribution in [2.24, 2.45) is 0 Å². The number of hydrogen-bond donors (Lipinski definition) is 1. The van der Waals surface area contributed by atoms with E-state index in [1.807, 2.05) is 30.3 Å². The van der Waals surface area contributed by atoms with Gasteiger partial charge in [-0.25, -0.2) is 0 Å². The highest BCUT2D eigenvalue weighted by atomic mass is 79.9. The van der Waals surface area contributed by atoms with Crippen LogP contribution in [0.3, 0.4) is 0 Å². The molecule has 1 heterocycles. The van der Waals surface area contributed by atoms with Gasteiger partial charge >= 0.3 is 0 Å². The average molecular weight is 322 g/mol. The molecule has 0 fully saturated rings. The van der Waals surface area contributed by atoms with E-state index >= 15 is 0 Å². The van der Waals surface area contributed by atoms with Gasteiger partial charge < -0.3 is 5.32 Å². The fourth-order valence-electron chi connectivity index (χ4n) is 2.19. The second-order valence-corrected chi connectivity index (χ2v) is 6.34. The lowest BCUT2D eigenvalue weighted by Crippen LogP contribution is -2.10. The molecule has 0 radical (unpaired) electrons. The quantitative estimate of drug-likeness (QED) is 0.880. The van der Waals surface area contributed by atoms with Crippen molar-refractivity contribution in [2.75, 3.05) is 5.32 Å². The summed E-state index contributed by atoms with van der Waals surface area (Å²) in [5.74, 6) is -0.0127. The van der Waals surface area contributed by atoms with Crippen LogP contribution in [0, 0.1) is 0 Å². The molecule has 3 rings (SSSR count). The van der Waals surface area contributed by atoms with E-state index in [0.29, 0.717) is 0 Å². The zero-order valence-corrected chi connectivity index (χ0v) is 12.1. The highest BCUT2D eigenvalue weighted by Gasteiger charge is 2.18. The van der Waals surface area contributed by atoms with Gasteiger partial charge in [0.15, 0.2) is 0 Å².